The molecule has 30 heavy (non-hydrogen) atoms. The molecule has 1 amide bonds. The summed E-state index contributed by atoms with van der Waals surface area (Å²) in [7, 11) is -1.42. The minimum atomic E-state index is -2.97. The Labute approximate surface area is 174 Å². The van der Waals surface area contributed by atoms with Gasteiger partial charge in [0.2, 0.25) is 0 Å². The first-order valence-electron chi connectivity index (χ1n) is 9.76. The number of aliphatic hydroxyl groups is 1. The molecule has 1 saturated heterocycles. The van der Waals surface area contributed by atoms with Gasteiger partial charge in [-0.3, -0.25) is 4.79 Å². The second-order valence-corrected chi connectivity index (χ2v) is 9.97. The molecule has 1 aliphatic rings. The second kappa shape index (κ2) is 7.77. The standard InChI is InChI=1S/C22H24N2O5S/c1-29-20-3-2-14(8-16(20)12-25)15-9-17-19(13-4-6-30(27,28)7-5-13)11-24-21(17)18(10-15)22(23)26/h2-3,8-11,13,24-25H,4-7,12H2,1H3,(H2,23,26). The van der Waals surface area contributed by atoms with Crippen molar-refractivity contribution in [3.63, 3.8) is 0 Å². The van der Waals surface area contributed by atoms with E-state index in [4.69, 9.17) is 10.5 Å². The normalized spacial score (nSPS) is 16.6. The Morgan fingerprint density at radius 3 is 2.57 bits per heavy atom. The number of hydrogen-bond donors (Lipinski definition) is 3. The highest BCUT2D eigenvalue weighted by Crippen LogP contribution is 2.37. The summed E-state index contributed by atoms with van der Waals surface area (Å²) < 4.78 is 28.9. The quantitative estimate of drug-likeness (QED) is 0.577. The molecule has 4 N–H and O–H groups in total. The minimum Gasteiger partial charge on any atom is -0.496 e. The topological polar surface area (TPSA) is 122 Å². The number of carbonyl (C=O) groups is 1. The van der Waals surface area contributed by atoms with Crippen LogP contribution in [0.1, 0.15) is 40.2 Å². The van der Waals surface area contributed by atoms with Gasteiger partial charge in [0, 0.05) is 17.1 Å². The van der Waals surface area contributed by atoms with Crippen LogP contribution in [0, 0.1) is 0 Å². The van der Waals surface area contributed by atoms with E-state index in [0.717, 1.165) is 22.1 Å². The molecule has 0 atom stereocenters. The summed E-state index contributed by atoms with van der Waals surface area (Å²) in [6.45, 7) is -0.173. The molecule has 8 heteroatoms. The molecule has 2 heterocycles. The van der Waals surface area contributed by atoms with Gasteiger partial charge in [-0.25, -0.2) is 8.42 Å². The number of aromatic nitrogens is 1. The van der Waals surface area contributed by atoms with Crippen LogP contribution in [-0.4, -0.2) is 43.0 Å². The van der Waals surface area contributed by atoms with Crippen LogP contribution in [0.3, 0.4) is 0 Å². The fourth-order valence-electron chi connectivity index (χ4n) is 4.23. The number of H-pyrrole nitrogens is 1. The van der Waals surface area contributed by atoms with Crippen LogP contribution in [0.2, 0.25) is 0 Å². The van der Waals surface area contributed by atoms with Gasteiger partial charge in [0.05, 0.1) is 36.3 Å². The summed E-state index contributed by atoms with van der Waals surface area (Å²) in [4.78, 5) is 15.3. The smallest absolute Gasteiger partial charge is 0.250 e. The van der Waals surface area contributed by atoms with Gasteiger partial charge < -0.3 is 20.6 Å². The number of benzene rings is 2. The average molecular weight is 429 g/mol. The van der Waals surface area contributed by atoms with Crippen molar-refractivity contribution in [2.75, 3.05) is 18.6 Å². The number of aliphatic hydroxyl groups excluding tert-OH is 1. The maximum absolute atomic E-state index is 12.2. The van der Waals surface area contributed by atoms with Crippen LogP contribution in [0.15, 0.2) is 36.5 Å². The Balaban J connectivity index is 1.85. The third-order valence-corrected chi connectivity index (χ3v) is 7.58. The number of fused-ring (bicyclic) bond motifs is 1. The van der Waals surface area contributed by atoms with Crippen molar-refractivity contribution in [2.45, 2.75) is 25.4 Å². The molecule has 3 aromatic rings. The molecule has 0 aliphatic carbocycles. The van der Waals surface area contributed by atoms with Crippen LogP contribution in [0.25, 0.3) is 22.0 Å². The lowest BCUT2D eigenvalue weighted by Crippen LogP contribution is -2.22. The van der Waals surface area contributed by atoms with Crippen molar-refractivity contribution in [3.8, 4) is 16.9 Å². The molecule has 4 rings (SSSR count). The van der Waals surface area contributed by atoms with E-state index >= 15 is 0 Å². The molecule has 7 nitrogen and oxygen atoms in total. The zero-order chi connectivity index (χ0) is 21.5. The fourth-order valence-corrected chi connectivity index (χ4v) is 5.73. The van der Waals surface area contributed by atoms with Gasteiger partial charge in [-0.1, -0.05) is 6.07 Å². The number of nitrogens with two attached hydrogens (primary N) is 1. The first kappa shape index (κ1) is 20.4. The lowest BCUT2D eigenvalue weighted by atomic mass is 9.90. The Hall–Kier alpha value is -2.84. The molecule has 0 radical (unpaired) electrons. The minimum absolute atomic E-state index is 0.0992. The monoisotopic (exact) mass is 428 g/mol. The number of methoxy groups -OCH3 is 1. The summed E-state index contributed by atoms with van der Waals surface area (Å²) in [6.07, 6.45) is 2.97. The molecule has 2 aromatic carbocycles. The first-order chi connectivity index (χ1) is 14.3. The van der Waals surface area contributed by atoms with Crippen LogP contribution in [0.4, 0.5) is 0 Å². The van der Waals surface area contributed by atoms with E-state index in [1.165, 1.54) is 0 Å². The van der Waals surface area contributed by atoms with Crippen molar-refractivity contribution in [1.82, 2.24) is 4.98 Å². The lowest BCUT2D eigenvalue weighted by molar-refractivity contribution is 0.100. The zero-order valence-corrected chi connectivity index (χ0v) is 17.5. The second-order valence-electron chi connectivity index (χ2n) is 7.67. The SMILES string of the molecule is COc1ccc(-c2cc(C(N)=O)c3[nH]cc(C4CCS(=O)(=O)CC4)c3c2)cc1CO. The van der Waals surface area contributed by atoms with E-state index in [2.05, 4.69) is 4.98 Å². The molecule has 158 valence electrons. The van der Waals surface area contributed by atoms with Crippen molar-refractivity contribution in [3.05, 3.63) is 53.2 Å². The van der Waals surface area contributed by atoms with E-state index in [0.29, 0.717) is 35.2 Å². The zero-order valence-electron chi connectivity index (χ0n) is 16.6. The molecular weight excluding hydrogens is 404 g/mol. The van der Waals surface area contributed by atoms with Crippen LogP contribution >= 0.6 is 0 Å². The van der Waals surface area contributed by atoms with Crippen molar-refractivity contribution < 1.29 is 23.1 Å². The Morgan fingerprint density at radius 2 is 1.93 bits per heavy atom. The molecule has 0 unspecified atom stereocenters. The van der Waals surface area contributed by atoms with E-state index in [1.54, 1.807) is 19.2 Å². The van der Waals surface area contributed by atoms with Gasteiger partial charge in [-0.15, -0.1) is 0 Å². The predicted molar refractivity (Wildman–Crippen MR) is 115 cm³/mol. The van der Waals surface area contributed by atoms with Gasteiger partial charge in [0.1, 0.15) is 15.6 Å². The number of ether oxygens (including phenoxy) is 1. The first-order valence-corrected chi connectivity index (χ1v) is 11.6. The Bertz CT molecular complexity index is 1220. The molecule has 0 saturated carbocycles. The van der Waals surface area contributed by atoms with Gasteiger partial charge >= 0.3 is 0 Å². The third kappa shape index (κ3) is 3.68. The van der Waals surface area contributed by atoms with Crippen LogP contribution in [0.5, 0.6) is 5.75 Å². The lowest BCUT2D eigenvalue weighted by Gasteiger charge is -2.21. The van der Waals surface area contributed by atoms with Gasteiger partial charge in [-0.2, -0.15) is 0 Å². The van der Waals surface area contributed by atoms with Gasteiger partial charge in [0.25, 0.3) is 5.91 Å². The maximum Gasteiger partial charge on any atom is 0.250 e. The molecule has 1 aliphatic heterocycles. The number of hydrogen-bond acceptors (Lipinski definition) is 5. The molecular formula is C22H24N2O5S. The van der Waals surface area contributed by atoms with Crippen LogP contribution in [-0.2, 0) is 16.4 Å². The van der Waals surface area contributed by atoms with Crippen LogP contribution < -0.4 is 10.5 Å². The maximum atomic E-state index is 12.2. The molecule has 1 fully saturated rings. The van der Waals surface area contributed by atoms with Crippen molar-refractivity contribution in [2.24, 2.45) is 5.73 Å². The highest BCUT2D eigenvalue weighted by atomic mass is 32.2. The number of nitrogens with one attached hydrogen (secondary N) is 1. The highest BCUT2D eigenvalue weighted by molar-refractivity contribution is 7.91. The number of amides is 1. The number of carbonyl (C=O) groups excluding carboxylic acids is 1. The summed E-state index contributed by atoms with van der Waals surface area (Å²) >= 11 is 0. The van der Waals surface area contributed by atoms with Crippen molar-refractivity contribution >= 4 is 26.6 Å². The number of primary amides is 1. The number of rotatable bonds is 5. The van der Waals surface area contributed by atoms with Crippen molar-refractivity contribution in [1.29, 1.82) is 0 Å². The predicted octanol–water partition coefficient (Wildman–Crippen LogP) is 2.73. The summed E-state index contributed by atoms with van der Waals surface area (Å²) in [6, 6.07) is 9.19. The third-order valence-electron chi connectivity index (χ3n) is 5.87. The average Bonchev–Trinajstić information content (AvgIpc) is 3.16. The summed E-state index contributed by atoms with van der Waals surface area (Å²) in [5, 5.41) is 10.5. The van der Waals surface area contributed by atoms with E-state index in [9.17, 15) is 18.3 Å². The molecule has 0 bridgehead atoms. The number of sulfone groups is 1. The summed E-state index contributed by atoms with van der Waals surface area (Å²) in [5.74, 6) is 0.485. The largest absolute Gasteiger partial charge is 0.496 e. The van der Waals surface area contributed by atoms with E-state index in [-0.39, 0.29) is 24.0 Å². The van der Waals surface area contributed by atoms with E-state index < -0.39 is 15.7 Å². The Kier molecular flexibility index (Phi) is 5.29. The van der Waals surface area contributed by atoms with Gasteiger partial charge in [-0.05, 0) is 59.7 Å². The number of aromatic amines is 1. The fraction of sp³-hybridized carbons (Fsp3) is 0.318. The van der Waals surface area contributed by atoms with Gasteiger partial charge in [0.15, 0.2) is 0 Å². The molecule has 0 spiro atoms. The Morgan fingerprint density at radius 1 is 1.20 bits per heavy atom. The molecule has 1 aromatic heterocycles. The summed E-state index contributed by atoms with van der Waals surface area (Å²) in [5.41, 5.74) is 9.94. The van der Waals surface area contributed by atoms with E-state index in [1.807, 2.05) is 24.4 Å². The highest BCUT2D eigenvalue weighted by Gasteiger charge is 2.27.